The summed E-state index contributed by atoms with van der Waals surface area (Å²) in [7, 11) is 0. The topological polar surface area (TPSA) is 80.8 Å². The van der Waals surface area contributed by atoms with Gasteiger partial charge in [-0.2, -0.15) is 0 Å². The Kier molecular flexibility index (Phi) is 5.60. The van der Waals surface area contributed by atoms with Crippen molar-refractivity contribution in [1.29, 1.82) is 0 Å². The lowest BCUT2D eigenvalue weighted by Crippen LogP contribution is -2.48. The van der Waals surface area contributed by atoms with Gasteiger partial charge >= 0.3 is 5.97 Å². The summed E-state index contributed by atoms with van der Waals surface area (Å²) in [6, 6.07) is 15.0. The van der Waals surface area contributed by atoms with Crippen LogP contribution in [0.2, 0.25) is 10.0 Å². The van der Waals surface area contributed by atoms with Crippen molar-refractivity contribution < 1.29 is 23.9 Å². The predicted octanol–water partition coefficient (Wildman–Crippen LogP) is 5.94. The van der Waals surface area contributed by atoms with Gasteiger partial charge in [0.15, 0.2) is 23.1 Å². The number of nitrogens with zero attached hydrogens (tertiary/aromatic N) is 1. The molecule has 0 radical (unpaired) electrons. The number of ether oxygens (including phenoxy) is 1. The van der Waals surface area contributed by atoms with E-state index in [9.17, 15) is 19.2 Å². The monoisotopic (exact) mass is 545 g/mol. The third-order valence-electron chi connectivity index (χ3n) is 7.75. The van der Waals surface area contributed by atoms with Gasteiger partial charge in [0.1, 0.15) is 5.41 Å². The lowest BCUT2D eigenvalue weighted by Gasteiger charge is -2.37. The van der Waals surface area contributed by atoms with Crippen LogP contribution in [-0.2, 0) is 9.59 Å². The van der Waals surface area contributed by atoms with Gasteiger partial charge in [0.25, 0.3) is 0 Å². The lowest BCUT2D eigenvalue weighted by molar-refractivity contribution is -0.131. The van der Waals surface area contributed by atoms with E-state index in [1.807, 2.05) is 6.07 Å². The van der Waals surface area contributed by atoms with E-state index in [0.29, 0.717) is 33.0 Å². The van der Waals surface area contributed by atoms with Crippen molar-refractivity contribution >= 4 is 58.3 Å². The molecule has 38 heavy (non-hydrogen) atoms. The zero-order valence-corrected chi connectivity index (χ0v) is 21.9. The summed E-state index contributed by atoms with van der Waals surface area (Å²) in [5.41, 5.74) is 0.571. The van der Waals surface area contributed by atoms with E-state index in [0.717, 1.165) is 0 Å². The minimum Gasteiger partial charge on any atom is -0.424 e. The van der Waals surface area contributed by atoms with E-state index in [2.05, 4.69) is 0 Å². The molecule has 1 aliphatic carbocycles. The molecule has 1 saturated heterocycles. The maximum Gasteiger partial charge on any atom is 0.308 e. The van der Waals surface area contributed by atoms with E-state index >= 15 is 0 Å². The number of halogens is 2. The molecule has 0 amide bonds. The molecule has 8 heteroatoms. The number of carbonyl (C=O) groups excluding carboxylic acids is 4. The van der Waals surface area contributed by atoms with Crippen molar-refractivity contribution in [3.63, 3.8) is 0 Å². The SMILES string of the molecule is CC(=O)Oc1cccc2c1N1C(C(C)=O)C(c3ccc(Cl)cc3Cl)C3(C(=O)c4ccccc4C3=O)C1C=C2. The van der Waals surface area contributed by atoms with E-state index < -0.39 is 29.4 Å². The summed E-state index contributed by atoms with van der Waals surface area (Å²) >= 11 is 12.9. The smallest absolute Gasteiger partial charge is 0.308 e. The summed E-state index contributed by atoms with van der Waals surface area (Å²) in [5.74, 6) is -2.24. The Hall–Kier alpha value is -3.74. The Morgan fingerprint density at radius 1 is 0.921 bits per heavy atom. The molecule has 3 unspecified atom stereocenters. The van der Waals surface area contributed by atoms with Crippen LogP contribution in [-0.4, -0.2) is 35.4 Å². The highest BCUT2D eigenvalue weighted by molar-refractivity contribution is 6.36. The second-order valence-electron chi connectivity index (χ2n) is 9.77. The molecule has 0 bridgehead atoms. The van der Waals surface area contributed by atoms with Crippen LogP contribution in [0, 0.1) is 5.41 Å². The molecule has 3 aliphatic rings. The van der Waals surface area contributed by atoms with Crippen molar-refractivity contribution in [2.24, 2.45) is 5.41 Å². The number of carbonyl (C=O) groups is 4. The minimum absolute atomic E-state index is 0.240. The summed E-state index contributed by atoms with van der Waals surface area (Å²) < 4.78 is 5.56. The Balaban J connectivity index is 1.70. The summed E-state index contributed by atoms with van der Waals surface area (Å²) in [6.07, 6.45) is 3.60. The van der Waals surface area contributed by atoms with Gasteiger partial charge in [-0.25, -0.2) is 0 Å². The number of ketones is 3. The maximum absolute atomic E-state index is 14.4. The quantitative estimate of drug-likeness (QED) is 0.230. The van der Waals surface area contributed by atoms with Gasteiger partial charge < -0.3 is 9.64 Å². The Bertz CT molecular complexity index is 1570. The summed E-state index contributed by atoms with van der Waals surface area (Å²) in [6.45, 7) is 2.72. The molecule has 3 atom stereocenters. The maximum atomic E-state index is 14.4. The normalized spacial score (nSPS) is 22.3. The number of Topliss-reactive ketones (excluding diaryl/α,β-unsaturated/α-hetero) is 3. The van der Waals surface area contributed by atoms with Gasteiger partial charge in [-0.1, -0.05) is 77.8 Å². The van der Waals surface area contributed by atoms with E-state index in [1.54, 1.807) is 71.6 Å². The summed E-state index contributed by atoms with van der Waals surface area (Å²) in [4.78, 5) is 56.2. The summed E-state index contributed by atoms with van der Waals surface area (Å²) in [5, 5.41) is 0.639. The second kappa shape index (κ2) is 8.65. The number of fused-ring (bicyclic) bond motifs is 5. The fourth-order valence-corrected chi connectivity index (χ4v) is 7.00. The third kappa shape index (κ3) is 3.20. The Morgan fingerprint density at radius 2 is 1.61 bits per heavy atom. The molecule has 190 valence electrons. The molecule has 2 aliphatic heterocycles. The molecule has 3 aromatic rings. The molecule has 0 saturated carbocycles. The molecule has 1 spiro atoms. The van der Waals surface area contributed by atoms with Crippen molar-refractivity contribution in [3.05, 3.63) is 99.0 Å². The van der Waals surface area contributed by atoms with Gasteiger partial charge in [-0.05, 0) is 30.7 Å². The van der Waals surface area contributed by atoms with Crippen molar-refractivity contribution in [2.75, 3.05) is 4.90 Å². The van der Waals surface area contributed by atoms with Crippen LogP contribution in [0.25, 0.3) is 6.08 Å². The molecule has 3 aromatic carbocycles. The number of rotatable bonds is 3. The van der Waals surface area contributed by atoms with E-state index in [1.165, 1.54) is 13.8 Å². The molecular formula is C30H21Cl2NO5. The van der Waals surface area contributed by atoms with Crippen LogP contribution < -0.4 is 9.64 Å². The number of para-hydroxylation sites is 1. The van der Waals surface area contributed by atoms with Crippen molar-refractivity contribution in [2.45, 2.75) is 31.8 Å². The number of esters is 1. The van der Waals surface area contributed by atoms with Gasteiger partial charge in [0, 0.05) is 39.6 Å². The van der Waals surface area contributed by atoms with Crippen LogP contribution >= 0.6 is 23.2 Å². The first-order valence-electron chi connectivity index (χ1n) is 12.1. The van der Waals surface area contributed by atoms with Crippen LogP contribution in [0.1, 0.15) is 51.6 Å². The van der Waals surface area contributed by atoms with Crippen LogP contribution in [0.3, 0.4) is 0 Å². The molecule has 0 aromatic heterocycles. The first-order chi connectivity index (χ1) is 18.2. The van der Waals surface area contributed by atoms with Crippen molar-refractivity contribution in [1.82, 2.24) is 0 Å². The highest BCUT2D eigenvalue weighted by Crippen LogP contribution is 2.62. The molecule has 0 N–H and O–H groups in total. The molecular weight excluding hydrogens is 525 g/mol. The van der Waals surface area contributed by atoms with Gasteiger partial charge in [0.2, 0.25) is 0 Å². The standard InChI is InChI=1S/C30H21Cl2NO5/c1-15(34)26-25(21-12-11-18(31)14-22(21)32)30(28(36)19-7-3-4-8-20(19)29(30)37)24-13-10-17-6-5-9-23(38-16(2)35)27(17)33(24)26/h3-14,24-26H,1-2H3. The second-order valence-corrected chi connectivity index (χ2v) is 10.6. The van der Waals surface area contributed by atoms with Gasteiger partial charge in [0.05, 0.1) is 17.8 Å². The predicted molar refractivity (Wildman–Crippen MR) is 144 cm³/mol. The highest BCUT2D eigenvalue weighted by atomic mass is 35.5. The van der Waals surface area contributed by atoms with Gasteiger partial charge in [-0.15, -0.1) is 0 Å². The number of hydrogen-bond acceptors (Lipinski definition) is 6. The zero-order chi connectivity index (χ0) is 26.9. The highest BCUT2D eigenvalue weighted by Gasteiger charge is 2.71. The van der Waals surface area contributed by atoms with Crippen LogP contribution in [0.5, 0.6) is 5.75 Å². The average molecular weight is 546 g/mol. The molecule has 6 nitrogen and oxygen atoms in total. The molecule has 2 heterocycles. The van der Waals surface area contributed by atoms with Crippen LogP contribution in [0.4, 0.5) is 5.69 Å². The van der Waals surface area contributed by atoms with E-state index in [4.69, 9.17) is 27.9 Å². The van der Waals surface area contributed by atoms with Gasteiger partial charge in [-0.3, -0.25) is 19.2 Å². The number of anilines is 1. The van der Waals surface area contributed by atoms with Crippen molar-refractivity contribution in [3.8, 4) is 5.75 Å². The van der Waals surface area contributed by atoms with E-state index in [-0.39, 0.29) is 28.1 Å². The minimum atomic E-state index is -1.69. The molecule has 6 rings (SSSR count). The largest absolute Gasteiger partial charge is 0.424 e. The Morgan fingerprint density at radius 3 is 2.21 bits per heavy atom. The first kappa shape index (κ1) is 24.6. The Labute approximate surface area is 228 Å². The number of hydrogen-bond donors (Lipinski definition) is 0. The fraction of sp³-hybridized carbons (Fsp3) is 0.200. The first-order valence-corrected chi connectivity index (χ1v) is 12.9. The third-order valence-corrected chi connectivity index (χ3v) is 8.32. The van der Waals surface area contributed by atoms with Crippen LogP contribution in [0.15, 0.2) is 66.7 Å². The lowest BCUT2D eigenvalue weighted by atomic mass is 9.64. The zero-order valence-electron chi connectivity index (χ0n) is 20.4. The average Bonchev–Trinajstić information content (AvgIpc) is 3.30. The fourth-order valence-electron chi connectivity index (χ4n) is 6.47. The molecule has 1 fully saturated rings. The number of benzene rings is 3.